The number of rotatable bonds is 6. The van der Waals surface area contributed by atoms with Crippen molar-refractivity contribution in [1.82, 2.24) is 5.32 Å². The van der Waals surface area contributed by atoms with E-state index >= 15 is 0 Å². The lowest BCUT2D eigenvalue weighted by atomic mass is 9.77. The van der Waals surface area contributed by atoms with Crippen LogP contribution >= 0.6 is 0 Å². The van der Waals surface area contributed by atoms with Crippen LogP contribution in [0.4, 0.5) is 11.4 Å². The molecule has 0 radical (unpaired) electrons. The molecular formula is C29H29N3. The smallest absolute Gasteiger partial charge is 0.114 e. The summed E-state index contributed by atoms with van der Waals surface area (Å²) in [5.74, 6) is 0. The molecule has 4 aromatic rings. The predicted octanol–water partition coefficient (Wildman–Crippen LogP) is 5.50. The average Bonchev–Trinajstić information content (AvgIpc) is 2.90. The predicted molar refractivity (Wildman–Crippen MR) is 134 cm³/mol. The van der Waals surface area contributed by atoms with Crippen LogP contribution in [-0.4, -0.2) is 26.2 Å². The summed E-state index contributed by atoms with van der Waals surface area (Å²) in [5, 5.41) is 7.37. The Kier molecular flexibility index (Phi) is 5.91. The highest BCUT2D eigenvalue weighted by Crippen LogP contribution is 2.40. The lowest BCUT2D eigenvalue weighted by Gasteiger charge is -2.38. The Morgan fingerprint density at radius 1 is 0.562 bits per heavy atom. The quantitative estimate of drug-likeness (QED) is 0.404. The van der Waals surface area contributed by atoms with Crippen molar-refractivity contribution in [3.63, 3.8) is 0 Å². The zero-order chi connectivity index (χ0) is 21.6. The summed E-state index contributed by atoms with van der Waals surface area (Å²) < 4.78 is 0. The summed E-state index contributed by atoms with van der Waals surface area (Å²) >= 11 is 0. The fourth-order valence-electron chi connectivity index (χ4n) is 4.68. The van der Waals surface area contributed by atoms with Gasteiger partial charge < -0.3 is 15.5 Å². The number of nitrogens with zero attached hydrogens (tertiary/aromatic N) is 1. The molecule has 160 valence electrons. The lowest BCUT2D eigenvalue weighted by Crippen LogP contribution is -2.43. The Morgan fingerprint density at radius 3 is 1.44 bits per heavy atom. The Morgan fingerprint density at radius 2 is 1.00 bits per heavy atom. The van der Waals surface area contributed by atoms with E-state index in [1.165, 1.54) is 22.4 Å². The number of nitrogens with one attached hydrogen (secondary N) is 2. The number of piperazine rings is 1. The number of benzene rings is 4. The van der Waals surface area contributed by atoms with E-state index in [2.05, 4.69) is 131 Å². The van der Waals surface area contributed by atoms with E-state index in [1.807, 2.05) is 0 Å². The zero-order valence-corrected chi connectivity index (χ0v) is 18.2. The largest absolute Gasteiger partial charge is 0.369 e. The first-order valence-corrected chi connectivity index (χ1v) is 11.4. The van der Waals surface area contributed by atoms with Crippen molar-refractivity contribution >= 4 is 11.4 Å². The third-order valence-electron chi connectivity index (χ3n) is 6.30. The third kappa shape index (κ3) is 4.00. The summed E-state index contributed by atoms with van der Waals surface area (Å²) in [5.41, 5.74) is 5.51. The van der Waals surface area contributed by atoms with Gasteiger partial charge in [-0.2, -0.15) is 0 Å². The van der Waals surface area contributed by atoms with Gasteiger partial charge in [0.2, 0.25) is 0 Å². The number of anilines is 2. The highest BCUT2D eigenvalue weighted by molar-refractivity contribution is 5.63. The van der Waals surface area contributed by atoms with Crippen LogP contribution in [0.2, 0.25) is 0 Å². The second-order valence-electron chi connectivity index (χ2n) is 8.26. The summed E-state index contributed by atoms with van der Waals surface area (Å²) in [4.78, 5) is 2.44. The molecular weight excluding hydrogens is 390 g/mol. The van der Waals surface area contributed by atoms with Gasteiger partial charge in [0.25, 0.3) is 0 Å². The van der Waals surface area contributed by atoms with Crippen molar-refractivity contribution in [3.05, 3.63) is 132 Å². The van der Waals surface area contributed by atoms with Gasteiger partial charge in [0.15, 0.2) is 0 Å². The average molecular weight is 420 g/mol. The molecule has 0 atom stereocenters. The van der Waals surface area contributed by atoms with Crippen molar-refractivity contribution in [2.75, 3.05) is 36.4 Å². The lowest BCUT2D eigenvalue weighted by molar-refractivity contribution is 0.589. The molecule has 3 heteroatoms. The second-order valence-corrected chi connectivity index (χ2v) is 8.26. The Bertz CT molecular complexity index is 1010. The van der Waals surface area contributed by atoms with Crippen molar-refractivity contribution in [3.8, 4) is 0 Å². The molecule has 4 aromatic carbocycles. The van der Waals surface area contributed by atoms with Gasteiger partial charge >= 0.3 is 0 Å². The summed E-state index contributed by atoms with van der Waals surface area (Å²) in [6.45, 7) is 4.18. The number of hydrogen-bond donors (Lipinski definition) is 2. The zero-order valence-electron chi connectivity index (χ0n) is 18.2. The standard InChI is InChI=1S/C29H29N3/c1-4-10-24(11-5-1)29(25-12-6-2-7-13-25,26-14-8-3-9-15-26)31-27-16-18-28(19-17-27)32-22-20-30-21-23-32/h1-19,30-31H,20-23H2. The van der Waals surface area contributed by atoms with E-state index in [0.29, 0.717) is 0 Å². The van der Waals surface area contributed by atoms with Crippen LogP contribution in [0.3, 0.4) is 0 Å². The van der Waals surface area contributed by atoms with Gasteiger partial charge in [-0.05, 0) is 41.0 Å². The van der Waals surface area contributed by atoms with E-state index < -0.39 is 5.54 Å². The van der Waals surface area contributed by atoms with Crippen LogP contribution in [-0.2, 0) is 5.54 Å². The van der Waals surface area contributed by atoms with E-state index in [0.717, 1.165) is 31.9 Å². The molecule has 0 spiro atoms. The molecule has 1 heterocycles. The SMILES string of the molecule is c1ccc(C(Nc2ccc(N3CCNCC3)cc2)(c2ccccc2)c2ccccc2)cc1. The summed E-state index contributed by atoms with van der Waals surface area (Å²) in [6, 6.07) is 41.1. The van der Waals surface area contributed by atoms with E-state index in [4.69, 9.17) is 0 Å². The Hall–Kier alpha value is -3.56. The van der Waals surface area contributed by atoms with Crippen LogP contribution in [0.25, 0.3) is 0 Å². The van der Waals surface area contributed by atoms with Crippen molar-refractivity contribution < 1.29 is 0 Å². The van der Waals surface area contributed by atoms with Crippen molar-refractivity contribution in [1.29, 1.82) is 0 Å². The van der Waals surface area contributed by atoms with Crippen LogP contribution in [0.5, 0.6) is 0 Å². The maximum Gasteiger partial charge on any atom is 0.114 e. The highest BCUT2D eigenvalue weighted by Gasteiger charge is 2.36. The first kappa shape index (κ1) is 20.3. The first-order valence-electron chi connectivity index (χ1n) is 11.4. The maximum atomic E-state index is 3.94. The third-order valence-corrected chi connectivity index (χ3v) is 6.30. The first-order chi connectivity index (χ1) is 15.9. The van der Waals surface area contributed by atoms with Crippen molar-refractivity contribution in [2.24, 2.45) is 0 Å². The Labute approximate surface area is 190 Å². The molecule has 0 unspecified atom stereocenters. The second kappa shape index (κ2) is 9.29. The molecule has 1 aliphatic rings. The van der Waals surface area contributed by atoms with Gasteiger partial charge in [0.1, 0.15) is 5.54 Å². The highest BCUT2D eigenvalue weighted by atomic mass is 15.2. The molecule has 3 nitrogen and oxygen atoms in total. The molecule has 1 aliphatic heterocycles. The van der Waals surface area contributed by atoms with Crippen LogP contribution < -0.4 is 15.5 Å². The van der Waals surface area contributed by atoms with Gasteiger partial charge in [-0.15, -0.1) is 0 Å². The molecule has 0 aliphatic carbocycles. The van der Waals surface area contributed by atoms with E-state index in [-0.39, 0.29) is 0 Å². The monoisotopic (exact) mass is 419 g/mol. The van der Waals surface area contributed by atoms with Crippen LogP contribution in [0.15, 0.2) is 115 Å². The molecule has 0 saturated carbocycles. The fraction of sp³-hybridized carbons (Fsp3) is 0.172. The minimum atomic E-state index is -0.500. The molecule has 5 rings (SSSR count). The van der Waals surface area contributed by atoms with Gasteiger partial charge in [0, 0.05) is 37.6 Å². The Balaban J connectivity index is 1.60. The molecule has 0 aromatic heterocycles. The van der Waals surface area contributed by atoms with E-state index in [9.17, 15) is 0 Å². The molecule has 32 heavy (non-hydrogen) atoms. The molecule has 1 fully saturated rings. The summed E-state index contributed by atoms with van der Waals surface area (Å²) in [7, 11) is 0. The topological polar surface area (TPSA) is 27.3 Å². The molecule has 2 N–H and O–H groups in total. The summed E-state index contributed by atoms with van der Waals surface area (Å²) in [6.07, 6.45) is 0. The molecule has 0 amide bonds. The van der Waals surface area contributed by atoms with Gasteiger partial charge in [0.05, 0.1) is 0 Å². The van der Waals surface area contributed by atoms with Gasteiger partial charge in [-0.25, -0.2) is 0 Å². The van der Waals surface area contributed by atoms with Gasteiger partial charge in [-0.1, -0.05) is 91.0 Å². The van der Waals surface area contributed by atoms with Crippen LogP contribution in [0, 0.1) is 0 Å². The fourth-order valence-corrected chi connectivity index (χ4v) is 4.68. The molecule has 1 saturated heterocycles. The van der Waals surface area contributed by atoms with E-state index in [1.54, 1.807) is 0 Å². The minimum Gasteiger partial charge on any atom is -0.369 e. The normalized spacial score (nSPS) is 14.2. The number of hydrogen-bond acceptors (Lipinski definition) is 3. The minimum absolute atomic E-state index is 0.500. The van der Waals surface area contributed by atoms with Crippen molar-refractivity contribution in [2.45, 2.75) is 5.54 Å². The molecule has 0 bridgehead atoms. The maximum absolute atomic E-state index is 3.94. The van der Waals surface area contributed by atoms with Gasteiger partial charge in [-0.3, -0.25) is 0 Å². The van der Waals surface area contributed by atoms with Crippen LogP contribution in [0.1, 0.15) is 16.7 Å².